The Morgan fingerprint density at radius 2 is 1.88 bits per heavy atom. The minimum absolute atomic E-state index is 0.0383. The van der Waals surface area contributed by atoms with Crippen LogP contribution < -0.4 is 11.1 Å². The van der Waals surface area contributed by atoms with E-state index in [-0.39, 0.29) is 13.0 Å². The van der Waals surface area contributed by atoms with E-state index in [4.69, 9.17) is 10.5 Å². The second kappa shape index (κ2) is 7.19. The highest BCUT2D eigenvalue weighted by Gasteiger charge is 2.38. The van der Waals surface area contributed by atoms with Gasteiger partial charge in [-0.1, -0.05) is 24.3 Å². The molecular formula is C15H19N3O6S. The summed E-state index contributed by atoms with van der Waals surface area (Å²) in [5.41, 5.74) is 6.47. The number of ether oxygens (including phenoxy) is 1. The maximum Gasteiger partial charge on any atom is 0.325 e. The van der Waals surface area contributed by atoms with Gasteiger partial charge in [0.15, 0.2) is 6.10 Å². The number of nitrogens with two attached hydrogens (primary N) is 1. The predicted molar refractivity (Wildman–Crippen MR) is 87.6 cm³/mol. The highest BCUT2D eigenvalue weighted by Crippen LogP contribution is 2.26. The molecule has 2 atom stereocenters. The van der Waals surface area contributed by atoms with E-state index in [1.165, 1.54) is 6.92 Å². The summed E-state index contributed by atoms with van der Waals surface area (Å²) in [7, 11) is -3.68. The standard InChI is InChI=1S/C15H19N3O6S/c1-9(13(19)17-15(16)21)24-14(20)12-7-10-5-3-4-6-11(10)8-18(12)25(2,22)23/h3-6,9,12H,7-8H2,1-2H3,(H3,16,17,19,21)/t9-,12+/m1/s1. The number of carbonyl (C=O) groups excluding carboxylic acids is 3. The fraction of sp³-hybridized carbons (Fsp3) is 0.400. The SMILES string of the molecule is C[C@@H](OC(=O)[C@@H]1Cc2ccccc2CN1S(C)(=O)=O)C(=O)NC(N)=O. The first-order chi connectivity index (χ1) is 11.6. The van der Waals surface area contributed by atoms with Gasteiger partial charge in [-0.15, -0.1) is 0 Å². The number of nitrogens with one attached hydrogen (secondary N) is 1. The first kappa shape index (κ1) is 18.9. The third-order valence-electron chi connectivity index (χ3n) is 3.81. The number of imide groups is 1. The lowest BCUT2D eigenvalue weighted by molar-refractivity contribution is -0.158. The number of esters is 1. The van der Waals surface area contributed by atoms with E-state index in [0.717, 1.165) is 21.7 Å². The van der Waals surface area contributed by atoms with Crippen LogP contribution in [0.4, 0.5) is 4.79 Å². The molecule has 0 unspecified atom stereocenters. The van der Waals surface area contributed by atoms with Gasteiger partial charge in [0.1, 0.15) is 6.04 Å². The van der Waals surface area contributed by atoms with Gasteiger partial charge < -0.3 is 10.5 Å². The Morgan fingerprint density at radius 3 is 2.44 bits per heavy atom. The van der Waals surface area contributed by atoms with Gasteiger partial charge in [-0.25, -0.2) is 13.2 Å². The molecule has 0 saturated heterocycles. The topological polar surface area (TPSA) is 136 Å². The second-order valence-corrected chi connectivity index (χ2v) is 7.66. The lowest BCUT2D eigenvalue weighted by Gasteiger charge is -2.33. The molecular weight excluding hydrogens is 350 g/mol. The zero-order valence-electron chi connectivity index (χ0n) is 13.8. The van der Waals surface area contributed by atoms with Gasteiger partial charge in [-0.2, -0.15) is 4.31 Å². The summed E-state index contributed by atoms with van der Waals surface area (Å²) in [4.78, 5) is 34.8. The Hall–Kier alpha value is -2.46. The van der Waals surface area contributed by atoms with E-state index < -0.39 is 40.1 Å². The second-order valence-electron chi connectivity index (χ2n) is 5.73. The molecule has 136 valence electrons. The molecule has 0 bridgehead atoms. The van der Waals surface area contributed by atoms with Crippen LogP contribution in [0.25, 0.3) is 0 Å². The van der Waals surface area contributed by atoms with Gasteiger partial charge in [-0.3, -0.25) is 14.9 Å². The Labute approximate surface area is 145 Å². The number of hydrogen-bond acceptors (Lipinski definition) is 6. The molecule has 0 radical (unpaired) electrons. The van der Waals surface area contributed by atoms with E-state index in [1.54, 1.807) is 29.6 Å². The molecule has 1 heterocycles. The van der Waals surface area contributed by atoms with Crippen LogP contribution in [-0.4, -0.2) is 49.0 Å². The summed E-state index contributed by atoms with van der Waals surface area (Å²) in [5.74, 6) is -1.75. The number of primary amides is 1. The lowest BCUT2D eigenvalue weighted by atomic mass is 9.96. The molecule has 3 N–H and O–H groups in total. The smallest absolute Gasteiger partial charge is 0.325 e. The van der Waals surface area contributed by atoms with Crippen molar-refractivity contribution < 1.29 is 27.5 Å². The fourth-order valence-electron chi connectivity index (χ4n) is 2.58. The molecule has 10 heteroatoms. The first-order valence-electron chi connectivity index (χ1n) is 7.44. The van der Waals surface area contributed by atoms with Crippen molar-refractivity contribution in [3.05, 3.63) is 35.4 Å². The van der Waals surface area contributed by atoms with E-state index in [0.29, 0.717) is 0 Å². The predicted octanol–water partition coefficient (Wildman–Crippen LogP) is -0.500. The van der Waals surface area contributed by atoms with Crippen LogP contribution in [-0.2, 0) is 37.3 Å². The highest BCUT2D eigenvalue weighted by atomic mass is 32.2. The van der Waals surface area contributed by atoms with Crippen molar-refractivity contribution in [2.24, 2.45) is 5.73 Å². The van der Waals surface area contributed by atoms with Crippen molar-refractivity contribution in [1.82, 2.24) is 9.62 Å². The lowest BCUT2D eigenvalue weighted by Crippen LogP contribution is -2.50. The maximum atomic E-state index is 12.4. The van der Waals surface area contributed by atoms with Crippen LogP contribution in [0.3, 0.4) is 0 Å². The molecule has 0 fully saturated rings. The highest BCUT2D eigenvalue weighted by molar-refractivity contribution is 7.88. The maximum absolute atomic E-state index is 12.4. The molecule has 0 aromatic heterocycles. The number of rotatable bonds is 4. The fourth-order valence-corrected chi connectivity index (χ4v) is 3.57. The minimum Gasteiger partial charge on any atom is -0.451 e. The van der Waals surface area contributed by atoms with Crippen LogP contribution in [0.2, 0.25) is 0 Å². The normalized spacial score (nSPS) is 18.7. The number of nitrogens with zero attached hydrogens (tertiary/aromatic N) is 1. The summed E-state index contributed by atoms with van der Waals surface area (Å²) < 4.78 is 30.2. The number of urea groups is 1. The van der Waals surface area contributed by atoms with Gasteiger partial charge in [-0.05, 0) is 18.1 Å². The summed E-state index contributed by atoms with van der Waals surface area (Å²) in [6.07, 6.45) is -0.157. The number of sulfonamides is 1. The van der Waals surface area contributed by atoms with Gasteiger partial charge >= 0.3 is 12.0 Å². The number of carbonyl (C=O) groups is 3. The Bertz CT molecular complexity index is 807. The summed E-state index contributed by atoms with van der Waals surface area (Å²) >= 11 is 0. The van der Waals surface area contributed by atoms with Crippen LogP contribution in [0.15, 0.2) is 24.3 Å². The van der Waals surface area contributed by atoms with Crippen LogP contribution in [0, 0.1) is 0 Å². The van der Waals surface area contributed by atoms with Crippen molar-refractivity contribution in [3.8, 4) is 0 Å². The van der Waals surface area contributed by atoms with Crippen molar-refractivity contribution in [1.29, 1.82) is 0 Å². The quantitative estimate of drug-likeness (QED) is 0.687. The number of fused-ring (bicyclic) bond motifs is 1. The Kier molecular flexibility index (Phi) is 5.43. The zero-order chi connectivity index (χ0) is 18.8. The van der Waals surface area contributed by atoms with Gasteiger partial charge in [0.25, 0.3) is 5.91 Å². The molecule has 25 heavy (non-hydrogen) atoms. The van der Waals surface area contributed by atoms with E-state index in [2.05, 4.69) is 0 Å². The monoisotopic (exact) mass is 369 g/mol. The number of benzene rings is 1. The molecule has 1 aromatic rings. The van der Waals surface area contributed by atoms with Crippen molar-refractivity contribution >= 4 is 27.9 Å². The first-order valence-corrected chi connectivity index (χ1v) is 9.29. The molecule has 0 aliphatic carbocycles. The van der Waals surface area contributed by atoms with Crippen LogP contribution in [0.1, 0.15) is 18.1 Å². The van der Waals surface area contributed by atoms with Crippen molar-refractivity contribution in [2.75, 3.05) is 6.26 Å². The molecule has 1 aliphatic rings. The summed E-state index contributed by atoms with van der Waals surface area (Å²) in [6, 6.07) is 5.01. The third-order valence-corrected chi connectivity index (χ3v) is 5.05. The van der Waals surface area contributed by atoms with E-state index >= 15 is 0 Å². The minimum atomic E-state index is -3.68. The molecule has 1 aliphatic heterocycles. The van der Waals surface area contributed by atoms with E-state index in [9.17, 15) is 22.8 Å². The van der Waals surface area contributed by atoms with Crippen LogP contribution in [0.5, 0.6) is 0 Å². The van der Waals surface area contributed by atoms with Crippen LogP contribution >= 0.6 is 0 Å². The van der Waals surface area contributed by atoms with E-state index in [1.807, 2.05) is 0 Å². The van der Waals surface area contributed by atoms with Gasteiger partial charge in [0.05, 0.1) is 6.26 Å². The summed E-state index contributed by atoms with van der Waals surface area (Å²) in [5, 5.41) is 1.80. The van der Waals surface area contributed by atoms with Gasteiger partial charge in [0, 0.05) is 13.0 Å². The Morgan fingerprint density at radius 1 is 1.28 bits per heavy atom. The molecule has 2 rings (SSSR count). The zero-order valence-corrected chi connectivity index (χ0v) is 14.6. The third kappa shape index (κ3) is 4.54. The molecule has 3 amide bonds. The number of amides is 3. The van der Waals surface area contributed by atoms with Crippen molar-refractivity contribution in [3.63, 3.8) is 0 Å². The molecule has 0 saturated carbocycles. The molecule has 9 nitrogen and oxygen atoms in total. The number of hydrogen-bond donors (Lipinski definition) is 2. The van der Waals surface area contributed by atoms with Crippen molar-refractivity contribution in [2.45, 2.75) is 32.0 Å². The Balaban J connectivity index is 2.21. The van der Waals surface area contributed by atoms with Gasteiger partial charge in [0.2, 0.25) is 10.0 Å². The molecule has 0 spiro atoms. The average Bonchev–Trinajstić information content (AvgIpc) is 2.52. The summed E-state index contributed by atoms with van der Waals surface area (Å²) in [6.45, 7) is 1.30. The average molecular weight is 369 g/mol. The molecule has 1 aromatic carbocycles. The largest absolute Gasteiger partial charge is 0.451 e.